The highest BCUT2D eigenvalue weighted by molar-refractivity contribution is 7.99. The first-order valence-corrected chi connectivity index (χ1v) is 21.4. The lowest BCUT2D eigenvalue weighted by molar-refractivity contribution is -0.0956. The minimum Gasteiger partial charge on any atom is -0.490 e. The van der Waals surface area contributed by atoms with Crippen LogP contribution in [0.25, 0.3) is 0 Å². The highest BCUT2D eigenvalue weighted by Crippen LogP contribution is 2.49. The normalized spacial score (nSPS) is 35.0. The highest BCUT2D eigenvalue weighted by atomic mass is 35.5. The molecular formula is C41H57ClN4O5S. The summed E-state index contributed by atoms with van der Waals surface area (Å²) in [5, 5.41) is 9.94. The zero-order chi connectivity index (χ0) is 36.7. The van der Waals surface area contributed by atoms with Crippen molar-refractivity contribution in [2.24, 2.45) is 17.8 Å². The van der Waals surface area contributed by atoms with Crippen LogP contribution in [0.5, 0.6) is 5.75 Å². The van der Waals surface area contributed by atoms with E-state index in [2.05, 4.69) is 56.5 Å². The quantitative estimate of drug-likeness (QED) is 0.319. The van der Waals surface area contributed by atoms with Crippen molar-refractivity contribution >= 4 is 38.8 Å². The predicted octanol–water partition coefficient (Wildman–Crippen LogP) is 5.18. The first-order valence-electron chi connectivity index (χ1n) is 19.2. The van der Waals surface area contributed by atoms with E-state index in [-0.39, 0.29) is 35.0 Å². The third kappa shape index (κ3) is 7.40. The van der Waals surface area contributed by atoms with Crippen LogP contribution in [-0.4, -0.2) is 114 Å². The van der Waals surface area contributed by atoms with Crippen LogP contribution in [0.4, 0.5) is 5.69 Å². The summed E-state index contributed by atoms with van der Waals surface area (Å²) in [4.78, 5) is 21.1. The van der Waals surface area contributed by atoms with Crippen LogP contribution in [0.15, 0.2) is 48.6 Å². The highest BCUT2D eigenvalue weighted by Gasteiger charge is 2.50. The molecule has 1 spiro atoms. The third-order valence-corrected chi connectivity index (χ3v) is 15.5. The largest absolute Gasteiger partial charge is 0.490 e. The van der Waals surface area contributed by atoms with Gasteiger partial charge in [-0.25, -0.2) is 4.21 Å². The Kier molecular flexibility index (Phi) is 11.1. The lowest BCUT2D eigenvalue weighted by Gasteiger charge is -2.52. The van der Waals surface area contributed by atoms with Crippen molar-refractivity contribution in [3.05, 3.63) is 70.3 Å². The number of nitrogens with one attached hydrogen (secondary N) is 1. The van der Waals surface area contributed by atoms with Gasteiger partial charge >= 0.3 is 0 Å². The maximum atomic E-state index is 14.0. The van der Waals surface area contributed by atoms with Gasteiger partial charge in [0.1, 0.15) is 11.4 Å². The lowest BCUT2D eigenvalue weighted by atomic mass is 9.63. The number of carbonyl (C=O) groups excluding carboxylic acids is 1. The molecule has 2 aliphatic carbocycles. The molecule has 5 aliphatic rings. The number of rotatable bonds is 5. The van der Waals surface area contributed by atoms with E-state index in [1.807, 2.05) is 32.2 Å². The second kappa shape index (κ2) is 15.3. The number of hydrogen-bond acceptors (Lipinski definition) is 8. The van der Waals surface area contributed by atoms with E-state index in [1.165, 1.54) is 11.1 Å². The Morgan fingerprint density at radius 3 is 2.63 bits per heavy atom. The van der Waals surface area contributed by atoms with E-state index in [9.17, 15) is 14.1 Å². The predicted molar refractivity (Wildman–Crippen MR) is 211 cm³/mol. The first kappa shape index (κ1) is 37.7. The monoisotopic (exact) mass is 752 g/mol. The molecule has 0 aromatic heterocycles. The van der Waals surface area contributed by atoms with Gasteiger partial charge in [-0.2, -0.15) is 0 Å². The summed E-state index contributed by atoms with van der Waals surface area (Å²) in [6.45, 7) is 11.5. The van der Waals surface area contributed by atoms with Crippen molar-refractivity contribution in [1.29, 1.82) is 0 Å². The topological polar surface area (TPSA) is 94.6 Å². The number of aliphatic hydroxyl groups excluding tert-OH is 1. The molecule has 7 atom stereocenters. The number of halogens is 1. The molecule has 11 heteroatoms. The zero-order valence-electron chi connectivity index (χ0n) is 31.2. The number of piperazine rings is 1. The lowest BCUT2D eigenvalue weighted by Crippen LogP contribution is -2.59. The van der Waals surface area contributed by atoms with Crippen LogP contribution in [-0.2, 0) is 26.3 Å². The van der Waals surface area contributed by atoms with Crippen molar-refractivity contribution in [3.63, 3.8) is 0 Å². The third-order valence-electron chi connectivity index (χ3n) is 13.1. The van der Waals surface area contributed by atoms with Gasteiger partial charge < -0.3 is 19.5 Å². The summed E-state index contributed by atoms with van der Waals surface area (Å²) in [5.74, 6) is 5.12. The average molecular weight is 753 g/mol. The van der Waals surface area contributed by atoms with Gasteiger partial charge in [0.05, 0.1) is 28.6 Å². The maximum Gasteiger partial charge on any atom is 0.262 e. The minimum absolute atomic E-state index is 0.0172. The summed E-state index contributed by atoms with van der Waals surface area (Å²) in [6.07, 6.45) is 10.4. The summed E-state index contributed by atoms with van der Waals surface area (Å²) >= 11 is 6.51. The molecule has 3 heterocycles. The molecule has 1 saturated carbocycles. The second-order valence-corrected chi connectivity index (χ2v) is 19.0. The SMILES string of the molecule is C=S1(=O)NC(=O)c2ccc3c(c2)N(C[C@@H]2CC[C@H]2[C@@](CN2CCN(CCO)CC2)(OC)/C=C/C[C@H](C)[C@H]1C)C[C@@]1(CCCc2cc(Cl)ccc21)CO3. The standard InChI is InChI=1S/C41H57ClN4O5S/c1-29-7-5-16-41(50-3,27-45-19-17-44(18-20-45)21-22-47)36-12-9-33(36)25-46-26-40(15-6-8-31-23-34(42)11-13-35(31)40)28-51-38-14-10-32(24-37(38)46)39(48)43-52(4,49)30(29)2/h5,10-11,13-14,16,23-24,29-30,33,36,47H,4,6-9,12,15,17-22,25-28H2,1-3H3,(H,43,48,49)/b16-5+/t29-,30+,33-,36+,40-,41+,52?/m0/s1. The fraction of sp³-hybridized carbons (Fsp3) is 0.610. The number of aryl methyl sites for hydroxylation is 1. The zero-order valence-corrected chi connectivity index (χ0v) is 32.7. The number of methoxy groups -OCH3 is 1. The summed E-state index contributed by atoms with van der Waals surface area (Å²) < 4.78 is 30.3. The van der Waals surface area contributed by atoms with Gasteiger partial charge in [0.2, 0.25) is 0 Å². The van der Waals surface area contributed by atoms with Gasteiger partial charge in [0.15, 0.2) is 0 Å². The van der Waals surface area contributed by atoms with Gasteiger partial charge in [0.25, 0.3) is 5.91 Å². The van der Waals surface area contributed by atoms with Crippen molar-refractivity contribution in [2.75, 3.05) is 77.6 Å². The van der Waals surface area contributed by atoms with Crippen LogP contribution in [0.3, 0.4) is 0 Å². The Labute approximate surface area is 315 Å². The first-order chi connectivity index (χ1) is 25.0. The fourth-order valence-corrected chi connectivity index (χ4v) is 11.2. The number of nitrogens with zero attached hydrogens (tertiary/aromatic N) is 3. The molecule has 0 radical (unpaired) electrons. The number of amides is 1. The van der Waals surface area contributed by atoms with Gasteiger partial charge in [-0.15, -0.1) is 0 Å². The second-order valence-electron chi connectivity index (χ2n) is 16.2. The van der Waals surface area contributed by atoms with Gasteiger partial charge in [-0.3, -0.25) is 19.3 Å². The van der Waals surface area contributed by atoms with E-state index >= 15 is 0 Å². The molecule has 1 amide bonds. The molecule has 284 valence electrons. The number of benzene rings is 2. The molecule has 2 aromatic rings. The number of anilines is 1. The Hall–Kier alpha value is -2.60. The average Bonchev–Trinajstić information content (AvgIpc) is 3.26. The molecule has 2 fully saturated rings. The molecule has 7 rings (SSSR count). The summed E-state index contributed by atoms with van der Waals surface area (Å²) in [7, 11) is -1.10. The maximum absolute atomic E-state index is 14.0. The molecule has 1 unspecified atom stereocenters. The molecule has 2 bridgehead atoms. The number of fused-ring (bicyclic) bond motifs is 4. The van der Waals surface area contributed by atoms with Crippen LogP contribution in [0.2, 0.25) is 5.02 Å². The van der Waals surface area contributed by atoms with Gasteiger partial charge in [-0.05, 0) is 111 Å². The molecule has 1 saturated heterocycles. The summed E-state index contributed by atoms with van der Waals surface area (Å²) in [6, 6.07) is 12.0. The summed E-state index contributed by atoms with van der Waals surface area (Å²) in [5.41, 5.74) is 3.22. The van der Waals surface area contributed by atoms with Crippen molar-refractivity contribution < 1.29 is 23.6 Å². The van der Waals surface area contributed by atoms with Gasteiger partial charge in [-0.1, -0.05) is 36.7 Å². The Morgan fingerprint density at radius 1 is 1.12 bits per heavy atom. The van der Waals surface area contributed by atoms with Crippen molar-refractivity contribution in [1.82, 2.24) is 14.5 Å². The van der Waals surface area contributed by atoms with E-state index < -0.39 is 15.3 Å². The number of hydrogen-bond donors (Lipinski definition) is 2. The number of allylic oxidation sites excluding steroid dienone is 1. The van der Waals surface area contributed by atoms with E-state index in [4.69, 9.17) is 21.1 Å². The molecule has 2 aromatic carbocycles. The molecule has 2 N–H and O–H groups in total. The number of ether oxygens (including phenoxy) is 2. The van der Waals surface area contributed by atoms with Crippen LogP contribution >= 0.6 is 11.6 Å². The number of aliphatic hydroxyl groups is 1. The van der Waals surface area contributed by atoms with Crippen LogP contribution < -0.4 is 14.4 Å². The Morgan fingerprint density at radius 2 is 1.90 bits per heavy atom. The Balaban J connectivity index is 1.28. The van der Waals surface area contributed by atoms with Crippen LogP contribution in [0, 0.1) is 17.8 Å². The molecular weight excluding hydrogens is 696 g/mol. The van der Waals surface area contributed by atoms with Crippen LogP contribution in [0.1, 0.15) is 67.4 Å². The minimum atomic E-state index is -2.96. The fourth-order valence-electron chi connectivity index (χ4n) is 9.57. The molecule has 52 heavy (non-hydrogen) atoms. The number of β-amino-alcohol motifs (C(OH)–C–C–N with tert-alkyl or cyclic N) is 1. The van der Waals surface area contributed by atoms with Gasteiger partial charge in [0, 0.05) is 80.7 Å². The van der Waals surface area contributed by atoms with Crippen molar-refractivity contribution in [3.8, 4) is 5.75 Å². The van der Waals surface area contributed by atoms with E-state index in [0.29, 0.717) is 31.1 Å². The van der Waals surface area contributed by atoms with E-state index in [0.717, 1.165) is 94.4 Å². The molecule has 3 aliphatic heterocycles. The smallest absolute Gasteiger partial charge is 0.262 e. The molecule has 9 nitrogen and oxygen atoms in total. The van der Waals surface area contributed by atoms with E-state index in [1.54, 1.807) is 6.07 Å². The number of carbonyl (C=O) groups is 1. The van der Waals surface area contributed by atoms with Crippen molar-refractivity contribution in [2.45, 2.75) is 68.6 Å². The Bertz CT molecular complexity index is 1760.